The summed E-state index contributed by atoms with van der Waals surface area (Å²) in [5, 5.41) is 5.67. The lowest BCUT2D eigenvalue weighted by atomic mass is 9.83. The van der Waals surface area contributed by atoms with Crippen molar-refractivity contribution in [3.05, 3.63) is 70.8 Å². The van der Waals surface area contributed by atoms with Crippen LogP contribution in [-0.2, 0) is 14.2 Å². The molecule has 0 spiro atoms. The van der Waals surface area contributed by atoms with Crippen LogP contribution in [0.15, 0.2) is 48.5 Å². The summed E-state index contributed by atoms with van der Waals surface area (Å²) >= 11 is 0. The Bertz CT molecular complexity index is 1730. The Morgan fingerprint density at radius 2 is 0.750 bits per heavy atom. The van der Waals surface area contributed by atoms with E-state index >= 15 is 0 Å². The van der Waals surface area contributed by atoms with Gasteiger partial charge in [-0.15, -0.1) is 0 Å². The van der Waals surface area contributed by atoms with Gasteiger partial charge in [-0.05, 0) is 80.6 Å². The van der Waals surface area contributed by atoms with E-state index in [1.165, 1.54) is 0 Å². The topological polar surface area (TPSA) is 96.0 Å². The molecule has 0 fully saturated rings. The standard InChI is InChI=1S/C41H46O7/c1-22(2)9-18-34(42)30-14-10-26-28-12-16-32(40(44)47-20-24(5)6)38-33(41(45)48-21-25(7)8)17-13-29(36(28)38)27-11-15-31(37(30)35(26)27)39(43)46-19-23(3)4/h10-17,22-25H,9,18-21H2,1-8H3. The largest absolute Gasteiger partial charge is 0.462 e. The van der Waals surface area contributed by atoms with Gasteiger partial charge in [0.1, 0.15) is 0 Å². The van der Waals surface area contributed by atoms with Crippen molar-refractivity contribution in [3.63, 3.8) is 0 Å². The molecule has 0 bridgehead atoms. The summed E-state index contributed by atoms with van der Waals surface area (Å²) in [7, 11) is 0. The van der Waals surface area contributed by atoms with Gasteiger partial charge in [0.25, 0.3) is 0 Å². The zero-order valence-corrected chi connectivity index (χ0v) is 29.3. The van der Waals surface area contributed by atoms with Gasteiger partial charge in [-0.2, -0.15) is 0 Å². The highest BCUT2D eigenvalue weighted by atomic mass is 16.5. The SMILES string of the molecule is CC(C)CCC(=O)c1ccc2c3ccc(C(=O)OCC(C)C)c4c(C(=O)OCC(C)C)ccc(c5ccc(C(=O)OCC(C)C)c1c25)c43. The van der Waals surface area contributed by atoms with Gasteiger partial charge in [0.05, 0.1) is 36.5 Å². The van der Waals surface area contributed by atoms with Crippen molar-refractivity contribution in [2.75, 3.05) is 19.8 Å². The van der Waals surface area contributed by atoms with E-state index in [2.05, 4.69) is 13.8 Å². The van der Waals surface area contributed by atoms with E-state index in [0.29, 0.717) is 34.2 Å². The molecule has 5 rings (SSSR count). The fraction of sp³-hybridized carbons (Fsp3) is 0.415. The molecule has 7 nitrogen and oxygen atoms in total. The Balaban J connectivity index is 1.86. The third-order valence-electron chi connectivity index (χ3n) is 8.45. The molecule has 0 saturated carbocycles. The molecule has 0 aliphatic heterocycles. The van der Waals surface area contributed by atoms with E-state index in [1.54, 1.807) is 24.3 Å². The van der Waals surface area contributed by atoms with Crippen molar-refractivity contribution in [2.24, 2.45) is 23.7 Å². The predicted octanol–water partition coefficient (Wildman–Crippen LogP) is 9.79. The lowest BCUT2D eigenvalue weighted by Crippen LogP contribution is -2.15. The van der Waals surface area contributed by atoms with Gasteiger partial charge in [0, 0.05) is 22.8 Å². The van der Waals surface area contributed by atoms with Crippen LogP contribution >= 0.6 is 0 Å². The molecule has 0 atom stereocenters. The smallest absolute Gasteiger partial charge is 0.338 e. The van der Waals surface area contributed by atoms with E-state index in [-0.39, 0.29) is 54.5 Å². The number of carbonyl (C=O) groups excluding carboxylic acids is 4. The number of ketones is 1. The molecule has 0 aromatic heterocycles. The zero-order valence-electron chi connectivity index (χ0n) is 29.3. The third kappa shape index (κ3) is 6.87. The highest BCUT2D eigenvalue weighted by Crippen LogP contribution is 2.44. The molecule has 0 heterocycles. The number of hydrogen-bond donors (Lipinski definition) is 0. The number of benzene rings is 5. The van der Waals surface area contributed by atoms with Gasteiger partial charge < -0.3 is 14.2 Å². The van der Waals surface area contributed by atoms with E-state index < -0.39 is 17.9 Å². The average molecular weight is 651 g/mol. The van der Waals surface area contributed by atoms with Gasteiger partial charge in [-0.1, -0.05) is 85.7 Å². The summed E-state index contributed by atoms with van der Waals surface area (Å²) in [6, 6.07) is 14.4. The maximum atomic E-state index is 13.8. The minimum atomic E-state index is -0.518. The molecular weight excluding hydrogens is 604 g/mol. The first-order valence-electron chi connectivity index (χ1n) is 17.0. The van der Waals surface area contributed by atoms with Gasteiger partial charge >= 0.3 is 17.9 Å². The third-order valence-corrected chi connectivity index (χ3v) is 8.45. The second-order valence-corrected chi connectivity index (χ2v) is 14.5. The highest BCUT2D eigenvalue weighted by Gasteiger charge is 2.27. The van der Waals surface area contributed by atoms with E-state index in [4.69, 9.17) is 14.2 Å². The van der Waals surface area contributed by atoms with Crippen LogP contribution in [0.25, 0.3) is 43.1 Å². The minimum absolute atomic E-state index is 0.0345. The summed E-state index contributed by atoms with van der Waals surface area (Å²) in [4.78, 5) is 54.5. The van der Waals surface area contributed by atoms with Crippen molar-refractivity contribution in [1.82, 2.24) is 0 Å². The Morgan fingerprint density at radius 3 is 1.06 bits per heavy atom. The molecule has 0 aliphatic rings. The van der Waals surface area contributed by atoms with Gasteiger partial charge in [0.15, 0.2) is 5.78 Å². The molecular formula is C41H46O7. The lowest BCUT2D eigenvalue weighted by molar-refractivity contribution is 0.0449. The van der Waals surface area contributed by atoms with Crippen molar-refractivity contribution in [1.29, 1.82) is 0 Å². The number of carbonyl (C=O) groups is 4. The molecule has 0 N–H and O–H groups in total. The summed E-state index contributed by atoms with van der Waals surface area (Å²) < 4.78 is 17.0. The summed E-state index contributed by atoms with van der Waals surface area (Å²) in [6.07, 6.45) is 1.08. The first-order chi connectivity index (χ1) is 22.8. The normalized spacial score (nSPS) is 12.0. The molecule has 0 amide bonds. The highest BCUT2D eigenvalue weighted by molar-refractivity contribution is 6.38. The van der Waals surface area contributed by atoms with Gasteiger partial charge in [-0.25, -0.2) is 14.4 Å². The number of hydrogen-bond acceptors (Lipinski definition) is 7. The van der Waals surface area contributed by atoms with Crippen molar-refractivity contribution < 1.29 is 33.4 Å². The Kier molecular flexibility index (Phi) is 10.4. The van der Waals surface area contributed by atoms with Crippen LogP contribution in [0.2, 0.25) is 0 Å². The quantitative estimate of drug-likeness (QED) is 0.0411. The molecule has 0 unspecified atom stereocenters. The number of esters is 3. The summed E-state index contributed by atoms with van der Waals surface area (Å²) in [5.74, 6) is -0.794. The second-order valence-electron chi connectivity index (χ2n) is 14.5. The summed E-state index contributed by atoms with van der Waals surface area (Å²) in [6.45, 7) is 16.7. The van der Waals surface area contributed by atoms with Crippen LogP contribution < -0.4 is 0 Å². The van der Waals surface area contributed by atoms with Crippen LogP contribution in [0.3, 0.4) is 0 Å². The van der Waals surface area contributed by atoms with Crippen LogP contribution in [-0.4, -0.2) is 43.5 Å². The zero-order chi connectivity index (χ0) is 34.9. The fourth-order valence-corrected chi connectivity index (χ4v) is 6.15. The van der Waals surface area contributed by atoms with E-state index in [1.807, 2.05) is 65.8 Å². The van der Waals surface area contributed by atoms with Crippen molar-refractivity contribution in [2.45, 2.75) is 68.2 Å². The number of Topliss-reactive ketones (excluding diaryl/α,β-unsaturated/α-hetero) is 1. The van der Waals surface area contributed by atoms with Crippen LogP contribution in [0, 0.1) is 23.7 Å². The van der Waals surface area contributed by atoms with Gasteiger partial charge in [-0.3, -0.25) is 4.79 Å². The summed E-state index contributed by atoms with van der Waals surface area (Å²) in [5.41, 5.74) is 1.38. The number of rotatable bonds is 13. The van der Waals surface area contributed by atoms with Crippen LogP contribution in [0.4, 0.5) is 0 Å². The van der Waals surface area contributed by atoms with Crippen LogP contribution in [0.5, 0.6) is 0 Å². The van der Waals surface area contributed by atoms with Gasteiger partial charge in [0.2, 0.25) is 0 Å². The molecule has 0 radical (unpaired) electrons. The second kappa shape index (κ2) is 14.3. The number of ether oxygens (including phenoxy) is 3. The molecule has 5 aromatic rings. The molecule has 7 heteroatoms. The fourth-order valence-electron chi connectivity index (χ4n) is 6.15. The van der Waals surface area contributed by atoms with Crippen LogP contribution in [0.1, 0.15) is 110 Å². The molecule has 5 aromatic carbocycles. The van der Waals surface area contributed by atoms with Crippen molar-refractivity contribution in [3.8, 4) is 0 Å². The Morgan fingerprint density at radius 1 is 0.438 bits per heavy atom. The predicted molar refractivity (Wildman–Crippen MR) is 191 cm³/mol. The minimum Gasteiger partial charge on any atom is -0.462 e. The van der Waals surface area contributed by atoms with Crippen molar-refractivity contribution >= 4 is 66.8 Å². The first-order valence-corrected chi connectivity index (χ1v) is 17.0. The van der Waals surface area contributed by atoms with E-state index in [9.17, 15) is 19.2 Å². The molecule has 0 aliphatic carbocycles. The Labute approximate surface area is 282 Å². The maximum Gasteiger partial charge on any atom is 0.338 e. The molecule has 48 heavy (non-hydrogen) atoms. The number of fused-ring (bicyclic) bond motifs is 2. The lowest BCUT2D eigenvalue weighted by Gasteiger charge is -2.21. The van der Waals surface area contributed by atoms with E-state index in [0.717, 1.165) is 38.7 Å². The maximum absolute atomic E-state index is 13.8. The monoisotopic (exact) mass is 650 g/mol. The molecule has 252 valence electrons. The Hall–Kier alpha value is -4.52. The average Bonchev–Trinajstić information content (AvgIpc) is 3.05. The molecule has 0 saturated heterocycles. The first kappa shape index (κ1) is 34.8.